The van der Waals surface area contributed by atoms with Crippen LogP contribution in [0.15, 0.2) is 166 Å². The standard InChI is InChI=1S/C47H28IN3S2/c1-2-14-30-28(11-1)25-26-34-33-17-7-12-29-13-8-22-39(42(29)33)51(43(30)34)27-48-46(37-20-9-18-35-31-15-3-5-23-40(31)52-44(35)37)49-47(50-48)38-21-10-19-36-32-16-4-6-24-41(32)53-45(36)38/h1-26H,27H2. The van der Waals surface area contributed by atoms with E-state index >= 15 is 0 Å². The van der Waals surface area contributed by atoms with Crippen LogP contribution in [-0.4, -0.2) is 14.0 Å². The zero-order valence-electron chi connectivity index (χ0n) is 28.3. The van der Waals surface area contributed by atoms with Crippen LogP contribution >= 0.6 is 41.8 Å². The van der Waals surface area contributed by atoms with Crippen molar-refractivity contribution in [1.29, 1.82) is 0 Å². The number of hydrogen-bond acceptors (Lipinski definition) is 5. The molecule has 0 amide bonds. The van der Waals surface area contributed by atoms with E-state index in [-0.39, 0.29) is 0 Å². The molecule has 0 fully saturated rings. The summed E-state index contributed by atoms with van der Waals surface area (Å²) in [5, 5.41) is 10.3. The Hall–Kier alpha value is -5.41. The lowest BCUT2D eigenvalue weighted by molar-refractivity contribution is 1.21. The lowest BCUT2D eigenvalue weighted by atomic mass is 9.89. The summed E-state index contributed by atoms with van der Waals surface area (Å²) in [7, 11) is 0. The number of nitrogens with zero attached hydrogens (tertiary/aromatic N) is 3. The van der Waals surface area contributed by atoms with Crippen LogP contribution in [0.25, 0.3) is 73.0 Å². The van der Waals surface area contributed by atoms with Crippen molar-refractivity contribution in [1.82, 2.24) is 0 Å². The summed E-state index contributed by atoms with van der Waals surface area (Å²) in [6.45, 7) is 0. The van der Waals surface area contributed by atoms with Gasteiger partial charge in [-0.05, 0) is 40.6 Å². The number of thiophene rings is 2. The highest BCUT2D eigenvalue weighted by Crippen LogP contribution is 2.52. The third-order valence-corrected chi connectivity index (χ3v) is 17.5. The monoisotopic (exact) mass is 825 g/mol. The second kappa shape index (κ2) is 11.5. The quantitative estimate of drug-likeness (QED) is 0.0987. The fraction of sp³-hybridized carbons (Fsp3) is 0.0213. The van der Waals surface area contributed by atoms with Crippen molar-refractivity contribution in [2.45, 2.75) is 0 Å². The highest BCUT2D eigenvalue weighted by atomic mass is 127. The zero-order chi connectivity index (χ0) is 34.6. The number of anilines is 2. The molecule has 0 aliphatic carbocycles. The number of alkyl halides is 1. The number of hydrogen-bond donors (Lipinski definition) is 0. The van der Waals surface area contributed by atoms with Gasteiger partial charge in [0.05, 0.1) is 15.9 Å². The molecule has 0 bridgehead atoms. The molecule has 3 nitrogen and oxygen atoms in total. The van der Waals surface area contributed by atoms with Crippen LogP contribution in [0.4, 0.5) is 11.4 Å². The van der Waals surface area contributed by atoms with Gasteiger partial charge in [-0.25, -0.2) is 8.14 Å². The summed E-state index contributed by atoms with van der Waals surface area (Å²) < 4.78 is 13.0. The number of halogens is 1. The number of fused-ring (bicyclic) bond motifs is 10. The van der Waals surface area contributed by atoms with Crippen molar-refractivity contribution in [3.8, 4) is 11.1 Å². The molecule has 0 N–H and O–H groups in total. The van der Waals surface area contributed by atoms with Gasteiger partial charge in [-0.1, -0.05) is 133 Å². The van der Waals surface area contributed by atoms with Gasteiger partial charge in [0.2, 0.25) is 0 Å². The molecule has 6 heteroatoms. The highest BCUT2D eigenvalue weighted by Gasteiger charge is 2.29. The molecule has 2 aliphatic heterocycles. The van der Waals surface area contributed by atoms with Crippen molar-refractivity contribution < 1.29 is 0 Å². The van der Waals surface area contributed by atoms with Crippen molar-refractivity contribution in [3.05, 3.63) is 169 Å². The van der Waals surface area contributed by atoms with Crippen LogP contribution in [-0.2, 0) is 0 Å². The molecule has 53 heavy (non-hydrogen) atoms. The summed E-state index contributed by atoms with van der Waals surface area (Å²) >= 11 is 1.31. The van der Waals surface area contributed by atoms with E-state index in [0.29, 0.717) is 0 Å². The molecular formula is C47H28IN3S2. The van der Waals surface area contributed by atoms with Crippen LogP contribution in [0.3, 0.4) is 0 Å². The van der Waals surface area contributed by atoms with E-state index < -0.39 is 19.2 Å². The third-order valence-electron chi connectivity index (χ3n) is 10.7. The van der Waals surface area contributed by atoms with Gasteiger partial charge in [0.1, 0.15) is 3.63 Å². The van der Waals surface area contributed by atoms with E-state index in [1.165, 1.54) is 93.6 Å². The van der Waals surface area contributed by atoms with Gasteiger partial charge in [0.15, 0.2) is 5.84 Å². The van der Waals surface area contributed by atoms with Crippen molar-refractivity contribution in [3.63, 3.8) is 0 Å². The molecule has 12 rings (SSSR count). The van der Waals surface area contributed by atoms with Crippen LogP contribution in [0.1, 0.15) is 11.1 Å². The summed E-state index contributed by atoms with van der Waals surface area (Å²) in [5.74, 6) is 0.884. The second-order valence-electron chi connectivity index (χ2n) is 13.6. The topological polar surface area (TPSA) is 28.0 Å². The van der Waals surface area contributed by atoms with E-state index in [0.717, 1.165) is 16.0 Å². The van der Waals surface area contributed by atoms with Gasteiger partial charge in [-0.15, -0.1) is 22.7 Å². The van der Waals surface area contributed by atoms with Gasteiger partial charge in [-0.3, -0.25) is 0 Å². The summed E-state index contributed by atoms with van der Waals surface area (Å²) in [4.78, 5) is 8.27. The lowest BCUT2D eigenvalue weighted by Crippen LogP contribution is -2.20. The Labute approximate surface area is 319 Å². The Morgan fingerprint density at radius 1 is 0.472 bits per heavy atom. The van der Waals surface area contributed by atoms with Gasteiger partial charge in [-0.2, -0.15) is 0 Å². The zero-order valence-corrected chi connectivity index (χ0v) is 32.0. The normalized spacial score (nSPS) is 14.2. The number of amidine groups is 1. The molecule has 0 saturated carbocycles. The molecule has 250 valence electrons. The summed E-state index contributed by atoms with van der Waals surface area (Å²) in [6.07, 6.45) is 0. The molecule has 0 unspecified atom stereocenters. The first-order chi connectivity index (χ1) is 26.3. The first kappa shape index (κ1) is 30.1. The second-order valence-corrected chi connectivity index (χ2v) is 19.8. The Bertz CT molecular complexity index is 3340. The Morgan fingerprint density at radius 2 is 1.06 bits per heavy atom. The van der Waals surface area contributed by atoms with Crippen LogP contribution in [0, 0.1) is 0 Å². The average molecular weight is 826 g/mol. The number of rotatable bonds is 4. The van der Waals surface area contributed by atoms with Crippen molar-refractivity contribution in [2.24, 2.45) is 8.14 Å². The van der Waals surface area contributed by atoms with E-state index in [1.54, 1.807) is 0 Å². The molecule has 2 aliphatic rings. The smallest absolute Gasteiger partial charge is 0.166 e. The van der Waals surface area contributed by atoms with Crippen LogP contribution in [0.2, 0.25) is 0 Å². The maximum Gasteiger partial charge on any atom is 0.166 e. The minimum Gasteiger partial charge on any atom is -0.329 e. The number of aliphatic imine (C=N–C) groups is 1. The predicted molar refractivity (Wildman–Crippen MR) is 240 cm³/mol. The Balaban J connectivity index is 1.13. The van der Waals surface area contributed by atoms with E-state index in [2.05, 4.69) is 163 Å². The molecule has 2 aromatic heterocycles. The van der Waals surface area contributed by atoms with E-state index in [1.807, 2.05) is 22.7 Å². The molecule has 0 radical (unpaired) electrons. The van der Waals surface area contributed by atoms with Gasteiger partial charge in [0.25, 0.3) is 0 Å². The molecule has 0 saturated heterocycles. The highest BCUT2D eigenvalue weighted by molar-refractivity contribution is 14.2. The van der Waals surface area contributed by atoms with Crippen LogP contribution < -0.4 is 4.90 Å². The predicted octanol–water partition coefficient (Wildman–Crippen LogP) is 14.1. The maximum absolute atomic E-state index is 5.80. The first-order valence-electron chi connectivity index (χ1n) is 17.7. The summed E-state index contributed by atoms with van der Waals surface area (Å²) in [6, 6.07) is 58.0. The molecule has 0 spiro atoms. The van der Waals surface area contributed by atoms with Crippen molar-refractivity contribution >= 4 is 125 Å². The minimum absolute atomic E-state index is 0.810. The average Bonchev–Trinajstić information content (AvgIpc) is 3.92. The maximum atomic E-state index is 5.80. The third kappa shape index (κ3) is 4.43. The fourth-order valence-electron chi connectivity index (χ4n) is 8.39. The van der Waals surface area contributed by atoms with Gasteiger partial charge < -0.3 is 4.90 Å². The van der Waals surface area contributed by atoms with Gasteiger partial charge >= 0.3 is 0 Å². The molecular weight excluding hydrogens is 798 g/mol. The molecule has 0 atom stereocenters. The van der Waals surface area contributed by atoms with Crippen molar-refractivity contribution in [2.75, 3.05) is 9.45 Å². The molecule has 10 aromatic rings. The lowest BCUT2D eigenvalue weighted by Gasteiger charge is -2.34. The largest absolute Gasteiger partial charge is 0.329 e. The Kier molecular flexibility index (Phi) is 6.55. The number of benzene rings is 8. The van der Waals surface area contributed by atoms with Gasteiger partial charge in [0, 0.05) is 87.0 Å². The fourth-order valence-corrected chi connectivity index (χ4v) is 15.6. The molecule has 4 heterocycles. The minimum atomic E-state index is -2.43. The first-order valence-corrected chi connectivity index (χ1v) is 22.9. The summed E-state index contributed by atoms with van der Waals surface area (Å²) in [5.41, 5.74) is 7.50. The van der Waals surface area contributed by atoms with E-state index in [4.69, 9.17) is 8.14 Å². The van der Waals surface area contributed by atoms with Crippen LogP contribution in [0.5, 0.6) is 0 Å². The SMILES string of the molecule is c1ccc2c3c(ccc2c1)-c1cccc2cccc(c12)N3CI1=NC(c2cccc3c2sc2ccccc23)=NC=1c1cccc2c1sc1ccccc12. The Morgan fingerprint density at radius 3 is 1.83 bits per heavy atom. The van der Waals surface area contributed by atoms with E-state index in [9.17, 15) is 0 Å². The molecule has 8 aromatic carbocycles.